The highest BCUT2D eigenvalue weighted by molar-refractivity contribution is 7.85. The van der Waals surface area contributed by atoms with Gasteiger partial charge in [0.05, 0.1) is 0 Å². The van der Waals surface area contributed by atoms with Gasteiger partial charge in [-0.05, 0) is 42.7 Å². The molecule has 0 bridgehead atoms. The van der Waals surface area contributed by atoms with E-state index in [0.717, 1.165) is 24.1 Å². The van der Waals surface area contributed by atoms with Crippen LogP contribution in [0.1, 0.15) is 41.1 Å². The van der Waals surface area contributed by atoms with Gasteiger partial charge in [0.1, 0.15) is 5.75 Å². The van der Waals surface area contributed by atoms with Crippen molar-refractivity contribution in [2.75, 3.05) is 0 Å². The molecule has 1 N–H and O–H groups in total. The summed E-state index contributed by atoms with van der Waals surface area (Å²) in [4.78, 5) is 2.03. The molecule has 2 rings (SSSR count). The van der Waals surface area contributed by atoms with Crippen molar-refractivity contribution in [3.63, 3.8) is 0 Å². The van der Waals surface area contributed by atoms with Crippen molar-refractivity contribution >= 4 is 21.5 Å². The molecule has 1 aromatic heterocycles. The molecule has 0 radical (unpaired) electrons. The molecule has 0 amide bonds. The molecule has 3 nitrogen and oxygen atoms in total. The van der Waals surface area contributed by atoms with E-state index in [1.54, 1.807) is 0 Å². The van der Waals surface area contributed by atoms with Gasteiger partial charge in [0.2, 0.25) is 0 Å². The van der Waals surface area contributed by atoms with Gasteiger partial charge in [-0.15, -0.1) is 11.3 Å². The van der Waals surface area contributed by atoms with Crippen LogP contribution in [0, 0.1) is 12.3 Å². The van der Waals surface area contributed by atoms with E-state index >= 15 is 0 Å². The van der Waals surface area contributed by atoms with Gasteiger partial charge in [0, 0.05) is 9.75 Å². The Morgan fingerprint density at radius 2 is 2.00 bits per heavy atom. The molecule has 0 atom stereocenters. The average molecular weight is 274 g/mol. The number of hydrogen-bond donors (Lipinski definition) is 1. The highest BCUT2D eigenvalue weighted by Crippen LogP contribution is 2.41. The lowest BCUT2D eigenvalue weighted by Gasteiger charge is -2.30. The first-order valence-corrected chi connectivity index (χ1v) is 8.16. The second kappa shape index (κ2) is 4.07. The first-order chi connectivity index (χ1) is 7.68. The van der Waals surface area contributed by atoms with Gasteiger partial charge >= 0.3 is 0 Å². The van der Waals surface area contributed by atoms with E-state index in [1.165, 1.54) is 27.3 Å². The van der Waals surface area contributed by atoms with Crippen molar-refractivity contribution in [3.05, 3.63) is 20.9 Å². The highest BCUT2D eigenvalue weighted by atomic mass is 32.2. The largest absolute Gasteiger partial charge is 0.285 e. The standard InChI is InChI=1S/C12H18O3S2/c1-8-10-6-12(2,3)5-4-9(10)11(16-8)7-17(13,14)15/h4-7H2,1-3H3,(H,13,14,15). The molecule has 1 aliphatic carbocycles. The van der Waals surface area contributed by atoms with Gasteiger partial charge in [-0.25, -0.2) is 0 Å². The number of aryl methyl sites for hydroxylation is 1. The molecule has 0 aliphatic heterocycles. The maximum Gasteiger partial charge on any atom is 0.269 e. The molecule has 1 aromatic rings. The number of fused-ring (bicyclic) bond motifs is 1. The molecule has 0 saturated heterocycles. The molecule has 0 aromatic carbocycles. The van der Waals surface area contributed by atoms with Crippen molar-refractivity contribution in [3.8, 4) is 0 Å². The summed E-state index contributed by atoms with van der Waals surface area (Å²) < 4.78 is 30.9. The van der Waals surface area contributed by atoms with Crippen LogP contribution in [0.4, 0.5) is 0 Å². The van der Waals surface area contributed by atoms with Crippen LogP contribution in [-0.2, 0) is 28.7 Å². The van der Waals surface area contributed by atoms with Gasteiger partial charge in [-0.3, -0.25) is 4.55 Å². The number of rotatable bonds is 2. The molecule has 0 unspecified atom stereocenters. The Morgan fingerprint density at radius 1 is 1.35 bits per heavy atom. The quantitative estimate of drug-likeness (QED) is 0.844. The molecule has 0 spiro atoms. The highest BCUT2D eigenvalue weighted by Gasteiger charge is 2.30. The minimum Gasteiger partial charge on any atom is -0.285 e. The van der Waals surface area contributed by atoms with E-state index in [-0.39, 0.29) is 5.75 Å². The minimum atomic E-state index is -3.92. The maximum absolute atomic E-state index is 11.0. The van der Waals surface area contributed by atoms with E-state index in [1.807, 2.05) is 6.92 Å². The molecule has 5 heteroatoms. The van der Waals surface area contributed by atoms with Crippen LogP contribution in [0.3, 0.4) is 0 Å². The zero-order valence-electron chi connectivity index (χ0n) is 10.4. The predicted molar refractivity (Wildman–Crippen MR) is 70.1 cm³/mol. The third kappa shape index (κ3) is 2.89. The third-order valence-electron chi connectivity index (χ3n) is 3.42. The van der Waals surface area contributed by atoms with Crippen LogP contribution < -0.4 is 0 Å². The summed E-state index contributed by atoms with van der Waals surface area (Å²) in [5.41, 5.74) is 2.78. The van der Waals surface area contributed by atoms with Gasteiger partial charge in [0.25, 0.3) is 10.1 Å². The van der Waals surface area contributed by atoms with E-state index in [4.69, 9.17) is 4.55 Å². The van der Waals surface area contributed by atoms with Gasteiger partial charge < -0.3 is 0 Å². The van der Waals surface area contributed by atoms with Crippen LogP contribution >= 0.6 is 11.3 Å². The van der Waals surface area contributed by atoms with E-state index < -0.39 is 10.1 Å². The topological polar surface area (TPSA) is 54.4 Å². The lowest BCUT2D eigenvalue weighted by Crippen LogP contribution is -2.22. The number of thiophene rings is 1. The molecular weight excluding hydrogens is 256 g/mol. The summed E-state index contributed by atoms with van der Waals surface area (Å²) >= 11 is 1.52. The summed E-state index contributed by atoms with van der Waals surface area (Å²) in [6, 6.07) is 0. The first-order valence-electron chi connectivity index (χ1n) is 5.73. The van der Waals surface area contributed by atoms with Crippen LogP contribution in [0.2, 0.25) is 0 Å². The maximum atomic E-state index is 11.0. The summed E-state index contributed by atoms with van der Waals surface area (Å²) in [5, 5.41) is 0. The molecule has 1 heterocycles. The zero-order chi connectivity index (χ0) is 12.8. The van der Waals surface area contributed by atoms with Crippen molar-refractivity contribution in [1.82, 2.24) is 0 Å². The zero-order valence-corrected chi connectivity index (χ0v) is 12.0. The van der Waals surface area contributed by atoms with Gasteiger partial charge in [-0.2, -0.15) is 8.42 Å². The normalized spacial score (nSPS) is 19.1. The lowest BCUT2D eigenvalue weighted by molar-refractivity contribution is 0.315. The Morgan fingerprint density at radius 3 is 2.59 bits per heavy atom. The molecule has 17 heavy (non-hydrogen) atoms. The van der Waals surface area contributed by atoms with E-state index in [2.05, 4.69) is 13.8 Å². The fourth-order valence-electron chi connectivity index (χ4n) is 2.52. The fourth-order valence-corrected chi connectivity index (χ4v) is 4.75. The molecule has 96 valence electrons. The SMILES string of the molecule is Cc1sc(CS(=O)(=O)O)c2c1CC(C)(C)CC2. The second-order valence-electron chi connectivity index (χ2n) is 5.61. The van der Waals surface area contributed by atoms with Crippen LogP contribution in [0.5, 0.6) is 0 Å². The minimum absolute atomic E-state index is 0.228. The van der Waals surface area contributed by atoms with E-state index in [0.29, 0.717) is 5.41 Å². The average Bonchev–Trinajstić information content (AvgIpc) is 2.38. The smallest absolute Gasteiger partial charge is 0.269 e. The van der Waals surface area contributed by atoms with Crippen LogP contribution in [0.15, 0.2) is 0 Å². The predicted octanol–water partition coefficient (Wildman–Crippen LogP) is 2.96. The monoisotopic (exact) mass is 274 g/mol. The Kier molecular flexibility index (Phi) is 3.13. The second-order valence-corrected chi connectivity index (χ2v) is 8.37. The first kappa shape index (κ1) is 13.1. The lowest BCUT2D eigenvalue weighted by atomic mass is 9.74. The Labute approximate surface area is 107 Å². The molecular formula is C12H18O3S2. The Hall–Kier alpha value is -0.390. The fraction of sp³-hybridized carbons (Fsp3) is 0.667. The van der Waals surface area contributed by atoms with Crippen LogP contribution in [-0.4, -0.2) is 13.0 Å². The molecule has 0 fully saturated rings. The third-order valence-corrected chi connectivity index (χ3v) is 5.45. The summed E-state index contributed by atoms with van der Waals surface area (Å²) in [7, 11) is -3.92. The van der Waals surface area contributed by atoms with Crippen molar-refractivity contribution in [1.29, 1.82) is 0 Å². The molecule has 0 saturated carbocycles. The Bertz CT molecular complexity index is 538. The molecule has 1 aliphatic rings. The van der Waals surface area contributed by atoms with Crippen molar-refractivity contribution in [2.45, 2.75) is 45.8 Å². The van der Waals surface area contributed by atoms with E-state index in [9.17, 15) is 8.42 Å². The summed E-state index contributed by atoms with van der Waals surface area (Å²) in [5.74, 6) is -0.228. The summed E-state index contributed by atoms with van der Waals surface area (Å²) in [6.45, 7) is 6.53. The van der Waals surface area contributed by atoms with Crippen molar-refractivity contribution < 1.29 is 13.0 Å². The summed E-state index contributed by atoms with van der Waals surface area (Å²) in [6.07, 6.45) is 3.02. The van der Waals surface area contributed by atoms with Gasteiger partial charge in [0.15, 0.2) is 0 Å². The Balaban J connectivity index is 2.40. The van der Waals surface area contributed by atoms with Crippen molar-refractivity contribution in [2.24, 2.45) is 5.41 Å². The van der Waals surface area contributed by atoms with Gasteiger partial charge in [-0.1, -0.05) is 13.8 Å². The number of hydrogen-bond acceptors (Lipinski definition) is 3. The van der Waals surface area contributed by atoms with Crippen LogP contribution in [0.25, 0.3) is 0 Å².